The molecule has 0 bridgehead atoms. The molecule has 1 aliphatic heterocycles. The molecule has 2 heterocycles. The van der Waals surface area contributed by atoms with Gasteiger partial charge in [-0.05, 0) is 36.5 Å². The molecule has 0 aliphatic carbocycles. The molecule has 1 aliphatic rings. The molecule has 1 aromatic heterocycles. The van der Waals surface area contributed by atoms with Crippen molar-refractivity contribution >= 4 is 11.8 Å². The minimum absolute atomic E-state index is 0.0609. The van der Waals surface area contributed by atoms with Crippen molar-refractivity contribution in [3.05, 3.63) is 69.1 Å². The predicted octanol–water partition coefficient (Wildman–Crippen LogP) is 4.47. The average Bonchev–Trinajstić information content (AvgIpc) is 3.07. The number of alkyl halides is 3. The highest BCUT2D eigenvalue weighted by molar-refractivity contribution is 5.99. The monoisotopic (exact) mass is 477 g/mol. The van der Waals surface area contributed by atoms with Gasteiger partial charge in [0.1, 0.15) is 11.1 Å². The van der Waals surface area contributed by atoms with Gasteiger partial charge in [0.05, 0.1) is 5.56 Å². The van der Waals surface area contributed by atoms with Crippen molar-refractivity contribution < 1.29 is 22.8 Å². The van der Waals surface area contributed by atoms with Crippen LogP contribution in [0.1, 0.15) is 71.4 Å². The van der Waals surface area contributed by atoms with E-state index in [4.69, 9.17) is 0 Å². The molecule has 2 aromatic rings. The number of rotatable bonds is 6. The third kappa shape index (κ3) is 6.48. The Hall–Kier alpha value is -3.10. The minimum Gasteiger partial charge on any atom is -0.352 e. The van der Waals surface area contributed by atoms with E-state index in [0.29, 0.717) is 19.6 Å². The van der Waals surface area contributed by atoms with Gasteiger partial charge < -0.3 is 14.8 Å². The topological polar surface area (TPSA) is 71.4 Å². The van der Waals surface area contributed by atoms with Gasteiger partial charge in [-0.15, -0.1) is 0 Å². The van der Waals surface area contributed by atoms with E-state index in [-0.39, 0.29) is 29.2 Å². The molecular formula is C25H30F3N3O3. The molecule has 1 fully saturated rings. The zero-order valence-electron chi connectivity index (χ0n) is 19.5. The number of likely N-dealkylation sites (tertiary alicyclic amines) is 1. The van der Waals surface area contributed by atoms with Crippen molar-refractivity contribution in [1.29, 1.82) is 0 Å². The second-order valence-corrected chi connectivity index (χ2v) is 9.09. The number of aromatic nitrogens is 1. The van der Waals surface area contributed by atoms with Crippen molar-refractivity contribution in [2.75, 3.05) is 13.1 Å². The summed E-state index contributed by atoms with van der Waals surface area (Å²) in [5, 5.41) is 2.53. The van der Waals surface area contributed by atoms with E-state index in [1.165, 1.54) is 24.5 Å². The van der Waals surface area contributed by atoms with Gasteiger partial charge in [-0.1, -0.05) is 38.8 Å². The third-order valence-corrected chi connectivity index (χ3v) is 5.73. The van der Waals surface area contributed by atoms with Crippen molar-refractivity contribution in [3.63, 3.8) is 0 Å². The van der Waals surface area contributed by atoms with Gasteiger partial charge in [-0.3, -0.25) is 14.4 Å². The van der Waals surface area contributed by atoms with Crippen molar-refractivity contribution in [3.8, 4) is 0 Å². The zero-order valence-corrected chi connectivity index (χ0v) is 19.5. The molecule has 184 valence electrons. The number of hydrogen-bond acceptors (Lipinski definition) is 3. The van der Waals surface area contributed by atoms with Crippen LogP contribution in [0.3, 0.4) is 0 Å². The number of pyridine rings is 1. The van der Waals surface area contributed by atoms with E-state index < -0.39 is 29.0 Å². The van der Waals surface area contributed by atoms with Crippen molar-refractivity contribution in [2.45, 2.75) is 58.8 Å². The van der Waals surface area contributed by atoms with Crippen LogP contribution < -0.4 is 10.7 Å². The minimum atomic E-state index is -4.49. The van der Waals surface area contributed by atoms with E-state index in [9.17, 15) is 27.6 Å². The first-order valence-corrected chi connectivity index (χ1v) is 11.5. The van der Waals surface area contributed by atoms with Crippen molar-refractivity contribution in [2.24, 2.45) is 5.92 Å². The maximum Gasteiger partial charge on any atom is 0.416 e. The molecule has 34 heavy (non-hydrogen) atoms. The highest BCUT2D eigenvalue weighted by Crippen LogP contribution is 2.29. The maximum absolute atomic E-state index is 13.2. The molecule has 0 atom stereocenters. The molecular weight excluding hydrogens is 447 g/mol. The molecule has 0 spiro atoms. The number of hydrogen-bond donors (Lipinski definition) is 1. The quantitative estimate of drug-likeness (QED) is 0.668. The van der Waals surface area contributed by atoms with Gasteiger partial charge in [0.15, 0.2) is 0 Å². The van der Waals surface area contributed by atoms with Gasteiger partial charge >= 0.3 is 6.18 Å². The highest BCUT2D eigenvalue weighted by Gasteiger charge is 2.30. The number of benzene rings is 1. The number of carbonyl (C=O) groups is 2. The summed E-state index contributed by atoms with van der Waals surface area (Å²) >= 11 is 0. The summed E-state index contributed by atoms with van der Waals surface area (Å²) in [4.78, 5) is 40.9. The first-order valence-electron chi connectivity index (χ1n) is 11.5. The summed E-state index contributed by atoms with van der Waals surface area (Å²) in [5.74, 6) is -0.924. The largest absolute Gasteiger partial charge is 0.416 e. The smallest absolute Gasteiger partial charge is 0.352 e. The highest BCUT2D eigenvalue weighted by atomic mass is 19.4. The van der Waals surface area contributed by atoms with Crippen LogP contribution >= 0.6 is 0 Å². The lowest BCUT2D eigenvalue weighted by atomic mass is 10.1. The number of carbonyl (C=O) groups excluding carboxylic acids is 2. The molecule has 1 N–H and O–H groups in total. The first kappa shape index (κ1) is 25.5. The van der Waals surface area contributed by atoms with E-state index in [1.807, 2.05) is 13.8 Å². The molecule has 1 saturated heterocycles. The van der Waals surface area contributed by atoms with E-state index in [1.54, 1.807) is 9.47 Å². The maximum atomic E-state index is 13.2. The molecule has 0 unspecified atom stereocenters. The Morgan fingerprint density at radius 2 is 1.68 bits per heavy atom. The average molecular weight is 478 g/mol. The summed E-state index contributed by atoms with van der Waals surface area (Å²) in [7, 11) is 0. The number of halogens is 3. The lowest BCUT2D eigenvalue weighted by Gasteiger charge is -2.21. The normalized spacial score (nSPS) is 14.7. The van der Waals surface area contributed by atoms with Crippen LogP contribution in [-0.2, 0) is 19.3 Å². The Labute approximate surface area is 196 Å². The standard InChI is InChI=1S/C25H30F3N3O3/c1-17(2)14-30-15-20(22(32)21(16-30)24(34)31-10-5-3-4-6-11-31)23(33)29-13-18-8-7-9-19(12-18)25(26,27)28/h7-9,12,15-17H,3-6,10-11,13-14H2,1-2H3,(H,29,33). The Morgan fingerprint density at radius 1 is 1.03 bits per heavy atom. The number of nitrogens with zero attached hydrogens (tertiary/aromatic N) is 2. The fourth-order valence-corrected chi connectivity index (χ4v) is 4.05. The fourth-order valence-electron chi connectivity index (χ4n) is 4.05. The third-order valence-electron chi connectivity index (χ3n) is 5.73. The van der Waals surface area contributed by atoms with Crippen LogP contribution in [-0.4, -0.2) is 34.4 Å². The first-order chi connectivity index (χ1) is 16.1. The fraction of sp³-hybridized carbons (Fsp3) is 0.480. The lowest BCUT2D eigenvalue weighted by molar-refractivity contribution is -0.137. The summed E-state index contributed by atoms with van der Waals surface area (Å²) < 4.78 is 40.6. The predicted molar refractivity (Wildman–Crippen MR) is 123 cm³/mol. The zero-order chi connectivity index (χ0) is 24.9. The van der Waals surface area contributed by atoms with Crippen LogP contribution in [0.2, 0.25) is 0 Å². The SMILES string of the molecule is CC(C)Cn1cc(C(=O)NCc2cccc(C(F)(F)F)c2)c(=O)c(C(=O)N2CCCCCC2)c1. The van der Waals surface area contributed by atoms with E-state index >= 15 is 0 Å². The van der Waals surface area contributed by atoms with Crippen LogP contribution in [0.4, 0.5) is 13.2 Å². The summed E-state index contributed by atoms with van der Waals surface area (Å²) in [5.41, 5.74) is -1.50. The van der Waals surface area contributed by atoms with Gasteiger partial charge in [0, 0.05) is 38.6 Å². The molecule has 3 rings (SSSR count). The molecule has 9 heteroatoms. The van der Waals surface area contributed by atoms with Crippen LogP contribution in [0, 0.1) is 5.92 Å². The second kappa shape index (κ2) is 10.9. The van der Waals surface area contributed by atoms with Gasteiger partial charge in [0.25, 0.3) is 11.8 Å². The molecule has 0 radical (unpaired) electrons. The molecule has 6 nitrogen and oxygen atoms in total. The van der Waals surface area contributed by atoms with Crippen LogP contribution in [0.5, 0.6) is 0 Å². The Kier molecular flexibility index (Phi) is 8.17. The number of amides is 2. The van der Waals surface area contributed by atoms with Gasteiger partial charge in [-0.25, -0.2) is 0 Å². The molecule has 1 aromatic carbocycles. The Balaban J connectivity index is 1.87. The van der Waals surface area contributed by atoms with Gasteiger partial charge in [0.2, 0.25) is 5.43 Å². The lowest BCUT2D eigenvalue weighted by Crippen LogP contribution is -2.38. The summed E-state index contributed by atoms with van der Waals surface area (Å²) in [6.45, 7) is 5.39. The van der Waals surface area contributed by atoms with E-state index in [2.05, 4.69) is 5.32 Å². The van der Waals surface area contributed by atoms with Crippen molar-refractivity contribution in [1.82, 2.24) is 14.8 Å². The Bertz CT molecular complexity index is 1080. The van der Waals surface area contributed by atoms with E-state index in [0.717, 1.165) is 37.8 Å². The molecule has 0 saturated carbocycles. The molecule has 2 amide bonds. The second-order valence-electron chi connectivity index (χ2n) is 9.09. The number of nitrogens with one attached hydrogen (secondary N) is 1. The van der Waals surface area contributed by atoms with Gasteiger partial charge in [-0.2, -0.15) is 13.2 Å². The van der Waals surface area contributed by atoms with Crippen LogP contribution in [0.15, 0.2) is 41.5 Å². The summed E-state index contributed by atoms with van der Waals surface area (Å²) in [6, 6.07) is 4.64. The summed E-state index contributed by atoms with van der Waals surface area (Å²) in [6.07, 6.45) is 2.19. The van der Waals surface area contributed by atoms with Crippen LogP contribution in [0.25, 0.3) is 0 Å². The Morgan fingerprint density at radius 3 is 2.29 bits per heavy atom.